The smallest absolute Gasteiger partial charge is 0.394 e. The first-order valence-electron chi connectivity index (χ1n) is 25.5. The zero-order chi connectivity index (χ0) is 62.9. The molecule has 16 atom stereocenters. The van der Waals surface area contributed by atoms with Crippen molar-refractivity contribution in [2.24, 2.45) is 0 Å². The Morgan fingerprint density at radius 1 is 0.565 bits per heavy atom. The minimum atomic E-state index is -4.83. The molecule has 0 spiro atoms. The molecule has 462 valence electrons. The summed E-state index contributed by atoms with van der Waals surface area (Å²) in [5, 5.41) is 75.1. The Balaban J connectivity index is 0.000000163. The predicted molar refractivity (Wildman–Crippen MR) is 280 cm³/mol. The van der Waals surface area contributed by atoms with Gasteiger partial charge in [0, 0.05) is 24.4 Å². The molecule has 36 nitrogen and oxygen atoms in total. The molecular weight excluding hydrogens is 1230 g/mol. The number of nitriles is 3. The number of ether oxygens (including phenoxy) is 8. The van der Waals surface area contributed by atoms with E-state index < -0.39 is 151 Å². The second kappa shape index (κ2) is 26.1. The minimum Gasteiger partial charge on any atom is -0.394 e. The third-order valence-corrected chi connectivity index (χ3v) is 14.6. The van der Waals surface area contributed by atoms with Crippen molar-refractivity contribution in [1.82, 2.24) is 38.2 Å². The summed E-state index contributed by atoms with van der Waals surface area (Å²) in [5.74, 6) is -1.50. The molecule has 4 aromatic rings. The van der Waals surface area contributed by atoms with Crippen molar-refractivity contribution in [3.63, 3.8) is 0 Å². The van der Waals surface area contributed by atoms with Crippen LogP contribution in [0.2, 0.25) is 0 Å². The molecule has 0 aromatic carbocycles. The number of halogens is 1. The van der Waals surface area contributed by atoms with Gasteiger partial charge in [0.2, 0.25) is 0 Å². The summed E-state index contributed by atoms with van der Waals surface area (Å²) in [4.78, 5) is 118. The van der Waals surface area contributed by atoms with Crippen LogP contribution >= 0.6 is 23.8 Å². The van der Waals surface area contributed by atoms with E-state index in [-0.39, 0.29) is 46.4 Å². The molecule has 85 heavy (non-hydrogen) atoms. The molecule has 0 radical (unpaired) electrons. The Hall–Kier alpha value is -6.74. The quantitative estimate of drug-likeness (QED) is 0.0667. The van der Waals surface area contributed by atoms with Crippen molar-refractivity contribution in [2.45, 2.75) is 164 Å². The molecule has 6 fully saturated rings. The zero-order valence-electron chi connectivity index (χ0n) is 45.3. The maximum Gasteiger partial charge on any atom is 0.469 e. The molecule has 4 unspecified atom stereocenters. The maximum atomic E-state index is 12.1. The Morgan fingerprint density at radius 3 is 1.32 bits per heavy atom. The van der Waals surface area contributed by atoms with Gasteiger partial charge in [-0.05, 0) is 56.5 Å². The second-order valence-corrected chi connectivity index (χ2v) is 22.3. The molecule has 6 aliphatic rings. The highest BCUT2D eigenvalue weighted by molar-refractivity contribution is 9.10. The number of aromatic nitrogens is 8. The Kier molecular flexibility index (Phi) is 20.2. The summed E-state index contributed by atoms with van der Waals surface area (Å²) in [7, 11) is -4.83. The van der Waals surface area contributed by atoms with Gasteiger partial charge in [0.25, 0.3) is 22.2 Å². The van der Waals surface area contributed by atoms with Crippen LogP contribution in [0.25, 0.3) is 0 Å². The van der Waals surface area contributed by atoms with Crippen molar-refractivity contribution in [2.75, 3.05) is 13.2 Å². The van der Waals surface area contributed by atoms with Gasteiger partial charge in [-0.25, -0.2) is 23.7 Å². The summed E-state index contributed by atoms with van der Waals surface area (Å²) >= 11 is 3.12. The largest absolute Gasteiger partial charge is 0.469 e. The Morgan fingerprint density at radius 2 is 0.929 bits per heavy atom. The standard InChI is InChI=1S/C14H17N3O5.C13H17BrN2O5.C10H12N3O9P.C10H11N3O6/c1-4-8-10-11(22-14(2,3)21-10)12(20-8)17-7(6-15)5-9(18)16-13(17)19;1-4-7-8-9(21-13(2,3)20-8)11(19-7)16-5-6(14)10(17)15-12(16)18;11-2-4-1-6(14)12-10(17)13(4)9-8(16)7(15)5(22-9)3-21-23(18,19)20;11-2-4-1-6(15)12-10(18)13(4)9-8(17)7(16)5(3-14)19-9/h5,8,10-12H,4H2,1-3H3,(H,16,18,19);5,7-9,11H,4H2,1-3H3,(H,15,17,18);1,5,7-9,15-16H,3H2,(H,12,14,17)(H2,18,19,20);1,5,7-9,14,16-17H,3H2,(H,12,15,18)/t8-,10+,11?,12-;7-,8+,9?,11-;2*5-,7+,8?,9-/m1111/s1. The van der Waals surface area contributed by atoms with E-state index in [2.05, 4.69) is 30.4 Å². The summed E-state index contributed by atoms with van der Waals surface area (Å²) in [6.07, 6.45) is -12.0. The van der Waals surface area contributed by atoms with Crippen molar-refractivity contribution < 1.29 is 82.3 Å². The van der Waals surface area contributed by atoms with Gasteiger partial charge >= 0.3 is 30.6 Å². The van der Waals surface area contributed by atoms with Crippen LogP contribution in [-0.4, -0.2) is 172 Å². The van der Waals surface area contributed by atoms with E-state index in [0.29, 0.717) is 11.0 Å². The van der Waals surface area contributed by atoms with Crippen LogP contribution in [-0.2, 0) is 47.0 Å². The van der Waals surface area contributed by atoms with E-state index in [0.717, 1.165) is 33.8 Å². The zero-order valence-corrected chi connectivity index (χ0v) is 47.8. The van der Waals surface area contributed by atoms with Gasteiger partial charge in [-0.1, -0.05) is 13.8 Å². The third-order valence-electron chi connectivity index (χ3n) is 13.6. The lowest BCUT2D eigenvalue weighted by Gasteiger charge is -2.24. The van der Waals surface area contributed by atoms with Crippen LogP contribution in [0.1, 0.15) is 96.4 Å². The fourth-order valence-electron chi connectivity index (χ4n) is 9.93. The van der Waals surface area contributed by atoms with Crippen molar-refractivity contribution in [3.05, 3.63) is 129 Å². The molecular formula is C47H57BrN11O25P. The van der Waals surface area contributed by atoms with Gasteiger partial charge in [-0.3, -0.25) is 61.9 Å². The number of fused-ring (bicyclic) bond motifs is 2. The summed E-state index contributed by atoms with van der Waals surface area (Å²) < 4.78 is 64.4. The number of H-pyrrole nitrogens is 4. The van der Waals surface area contributed by atoms with E-state index in [1.54, 1.807) is 26.0 Å². The maximum absolute atomic E-state index is 12.1. The van der Waals surface area contributed by atoms with Gasteiger partial charge in [-0.15, -0.1) is 0 Å². The average Bonchev–Trinajstić information content (AvgIpc) is 1.90. The number of hydrogen-bond acceptors (Lipinski definition) is 26. The number of rotatable bonds is 10. The Bertz CT molecular complexity index is 3810. The van der Waals surface area contributed by atoms with E-state index in [1.165, 1.54) is 10.8 Å². The molecule has 4 aromatic heterocycles. The molecule has 38 heteroatoms. The highest BCUT2D eigenvalue weighted by Gasteiger charge is 2.57. The van der Waals surface area contributed by atoms with E-state index in [9.17, 15) is 68.6 Å². The van der Waals surface area contributed by atoms with Gasteiger partial charge < -0.3 is 73.2 Å². The topological polar surface area (TPSA) is 533 Å². The van der Waals surface area contributed by atoms with E-state index >= 15 is 0 Å². The Labute approximate surface area is 483 Å². The highest BCUT2D eigenvalue weighted by Crippen LogP contribution is 2.45. The second-order valence-electron chi connectivity index (χ2n) is 20.2. The van der Waals surface area contributed by atoms with Gasteiger partial charge in [0.15, 0.2) is 36.5 Å². The van der Waals surface area contributed by atoms with E-state index in [4.69, 9.17) is 63.3 Å². The average molecular weight is 1290 g/mol. The molecule has 0 aliphatic carbocycles. The van der Waals surface area contributed by atoms with Crippen molar-refractivity contribution in [1.29, 1.82) is 15.8 Å². The number of nitrogens with zero attached hydrogens (tertiary/aromatic N) is 7. The number of nitrogens with one attached hydrogen (secondary N) is 4. The van der Waals surface area contributed by atoms with Crippen LogP contribution in [0.15, 0.2) is 67.2 Å². The SMILES string of the molecule is CC[C@H]1O[C@@H](n2c(C#N)cc(=O)[nH]c2=O)C2OC(C)(C)O[C@H]21.CC[C@H]1O[C@@H](n2cc(Br)c(=O)[nH]c2=O)C2OC(C)(C)O[C@H]21.N#Cc1cc(=O)[nH]c(=O)n1[C@@H]1O[C@H](CO)[C@H](O)C1O.N#Cc1cc(=O)[nH]c(=O)n1[C@@H]1O[C@H](COP(=O)(O)O)[C@H](O)C1O. The fraction of sp³-hybridized carbons (Fsp3) is 0.596. The van der Waals surface area contributed by atoms with Gasteiger partial charge in [0.05, 0.1) is 29.9 Å². The van der Waals surface area contributed by atoms with Crippen LogP contribution in [0.3, 0.4) is 0 Å². The van der Waals surface area contributed by atoms with Gasteiger partial charge in [0.1, 0.15) is 96.3 Å². The monoisotopic (exact) mass is 1290 g/mol. The lowest BCUT2D eigenvalue weighted by atomic mass is 10.1. The molecule has 10 rings (SSSR count). The molecule has 0 saturated carbocycles. The molecule has 0 amide bonds. The first-order chi connectivity index (χ1) is 39.8. The van der Waals surface area contributed by atoms with Gasteiger partial charge in [-0.2, -0.15) is 15.8 Å². The van der Waals surface area contributed by atoms with E-state index in [1.807, 2.05) is 43.7 Å². The lowest BCUT2D eigenvalue weighted by Crippen LogP contribution is -2.39. The number of aromatic amines is 4. The minimum absolute atomic E-state index is 0.0671. The highest BCUT2D eigenvalue weighted by atomic mass is 79.9. The first kappa shape index (κ1) is 65.8. The number of phosphoric acid groups is 1. The number of aliphatic hydroxyl groups is 5. The molecule has 6 saturated heterocycles. The lowest BCUT2D eigenvalue weighted by molar-refractivity contribution is -0.197. The normalized spacial score (nSPS) is 31.1. The van der Waals surface area contributed by atoms with Crippen molar-refractivity contribution >= 4 is 23.8 Å². The molecule has 11 N–H and O–H groups in total. The molecule has 10 heterocycles. The van der Waals surface area contributed by atoms with Crippen LogP contribution in [0, 0.1) is 34.0 Å². The fourth-order valence-corrected chi connectivity index (χ4v) is 10.6. The molecule has 6 aliphatic heterocycles. The van der Waals surface area contributed by atoms with Crippen LogP contribution in [0.5, 0.6) is 0 Å². The third kappa shape index (κ3) is 14.2. The predicted octanol–water partition coefficient (Wildman–Crippen LogP) is -4.48. The van der Waals surface area contributed by atoms with Crippen LogP contribution < -0.4 is 45.0 Å². The summed E-state index contributed by atoms with van der Waals surface area (Å²) in [6, 6.07) is 7.79. The van der Waals surface area contributed by atoms with Crippen molar-refractivity contribution in [3.8, 4) is 18.2 Å². The number of hydrogen-bond donors (Lipinski definition) is 11. The summed E-state index contributed by atoms with van der Waals surface area (Å²) in [6.45, 7) is 9.85. The van der Waals surface area contributed by atoms with Crippen LogP contribution in [0.4, 0.5) is 0 Å². The molecule has 0 bridgehead atoms. The first-order valence-corrected chi connectivity index (χ1v) is 27.8. The number of aliphatic hydroxyl groups excluding tert-OH is 5. The number of phosphoric ester groups is 1. The summed E-state index contributed by atoms with van der Waals surface area (Å²) in [5.41, 5.74) is -6.72.